The molecule has 2 rings (SSSR count). The van der Waals surface area contributed by atoms with Crippen molar-refractivity contribution in [2.75, 3.05) is 13.2 Å². The van der Waals surface area contributed by atoms with Gasteiger partial charge in [-0.05, 0) is 0 Å². The average molecular weight is 182 g/mol. The fraction of sp³-hybridized carbons (Fsp3) is 0.500. The van der Waals surface area contributed by atoms with Gasteiger partial charge in [-0.15, -0.1) is 5.10 Å². The maximum absolute atomic E-state index is 10.9. The minimum Gasteiger partial charge on any atom is -0.474 e. The highest BCUT2D eigenvalue weighted by atomic mass is 16.6. The first-order valence-corrected chi connectivity index (χ1v) is 4.04. The Morgan fingerprint density at radius 3 is 3.15 bits per heavy atom. The van der Waals surface area contributed by atoms with Crippen molar-refractivity contribution < 1.29 is 9.47 Å². The van der Waals surface area contributed by atoms with E-state index in [1.54, 1.807) is 13.1 Å². The third-order valence-electron chi connectivity index (χ3n) is 1.76. The van der Waals surface area contributed by atoms with E-state index in [2.05, 4.69) is 5.10 Å². The minimum absolute atomic E-state index is 0.143. The number of nitrogens with zero attached hydrogens (tertiary/aromatic N) is 2. The molecule has 2 heterocycles. The van der Waals surface area contributed by atoms with Crippen LogP contribution in [0, 0.1) is 0 Å². The summed E-state index contributed by atoms with van der Waals surface area (Å²) in [6.45, 7) is 1.26. The van der Waals surface area contributed by atoms with E-state index < -0.39 is 0 Å². The molecule has 70 valence electrons. The maximum atomic E-state index is 10.9. The van der Waals surface area contributed by atoms with Gasteiger partial charge in [-0.1, -0.05) is 0 Å². The molecule has 13 heavy (non-hydrogen) atoms. The number of aromatic nitrogens is 2. The molecule has 1 fully saturated rings. The van der Waals surface area contributed by atoms with E-state index in [0.29, 0.717) is 12.5 Å². The van der Waals surface area contributed by atoms with Gasteiger partial charge < -0.3 is 9.47 Å². The lowest BCUT2D eigenvalue weighted by molar-refractivity contribution is 0.250. The standard InChI is InChI=1S/C8H10N2O3/c1-10-8(11)3-2-7(9-10)13-5-6-4-12-6/h2-3,6H,4-5H2,1H3. The molecule has 1 atom stereocenters. The topological polar surface area (TPSA) is 56.6 Å². The Morgan fingerprint density at radius 2 is 2.54 bits per heavy atom. The molecule has 0 saturated carbocycles. The van der Waals surface area contributed by atoms with Crippen LogP contribution in [0.4, 0.5) is 0 Å². The van der Waals surface area contributed by atoms with Gasteiger partial charge in [-0.25, -0.2) is 4.68 Å². The first-order valence-electron chi connectivity index (χ1n) is 4.04. The van der Waals surface area contributed by atoms with Gasteiger partial charge in [0.2, 0.25) is 5.88 Å². The Morgan fingerprint density at radius 1 is 1.77 bits per heavy atom. The summed E-state index contributed by atoms with van der Waals surface area (Å²) < 4.78 is 11.5. The Hall–Kier alpha value is -1.36. The summed E-state index contributed by atoms with van der Waals surface area (Å²) in [6.07, 6.45) is 0.207. The lowest BCUT2D eigenvalue weighted by Crippen LogP contribution is -2.19. The van der Waals surface area contributed by atoms with Crippen LogP contribution < -0.4 is 10.3 Å². The molecule has 1 aromatic heterocycles. The Labute approximate surface area is 74.9 Å². The van der Waals surface area contributed by atoms with Crippen LogP contribution in [0.15, 0.2) is 16.9 Å². The van der Waals surface area contributed by atoms with Crippen molar-refractivity contribution in [3.05, 3.63) is 22.5 Å². The van der Waals surface area contributed by atoms with E-state index in [0.717, 1.165) is 6.61 Å². The molecule has 1 aliphatic heterocycles. The normalized spacial score (nSPS) is 19.9. The maximum Gasteiger partial charge on any atom is 0.266 e. The summed E-state index contributed by atoms with van der Waals surface area (Å²) >= 11 is 0. The Kier molecular flexibility index (Phi) is 2.02. The second kappa shape index (κ2) is 3.18. The fourth-order valence-electron chi connectivity index (χ4n) is 0.900. The van der Waals surface area contributed by atoms with Gasteiger partial charge in [0.25, 0.3) is 5.56 Å². The van der Waals surface area contributed by atoms with E-state index in [1.165, 1.54) is 10.7 Å². The van der Waals surface area contributed by atoms with Gasteiger partial charge in [0.1, 0.15) is 12.7 Å². The largest absolute Gasteiger partial charge is 0.474 e. The van der Waals surface area contributed by atoms with Crippen LogP contribution in [0.2, 0.25) is 0 Å². The van der Waals surface area contributed by atoms with Crippen molar-refractivity contribution in [1.82, 2.24) is 9.78 Å². The summed E-state index contributed by atoms with van der Waals surface area (Å²) in [7, 11) is 1.59. The summed E-state index contributed by atoms with van der Waals surface area (Å²) in [5.41, 5.74) is -0.143. The molecule has 0 spiro atoms. The first-order chi connectivity index (χ1) is 6.25. The molecule has 1 unspecified atom stereocenters. The lowest BCUT2D eigenvalue weighted by atomic mass is 10.5. The summed E-state index contributed by atoms with van der Waals surface area (Å²) in [4.78, 5) is 10.9. The Bertz CT molecular complexity index is 357. The summed E-state index contributed by atoms with van der Waals surface area (Å²) in [6, 6.07) is 2.99. The molecule has 0 N–H and O–H groups in total. The van der Waals surface area contributed by atoms with Crippen molar-refractivity contribution in [2.24, 2.45) is 7.05 Å². The second-order valence-corrected chi connectivity index (χ2v) is 2.90. The number of aryl methyl sites for hydroxylation is 1. The molecule has 1 aliphatic rings. The predicted octanol–water partition coefficient (Wildman–Crippen LogP) is -0.442. The minimum atomic E-state index is -0.143. The zero-order valence-electron chi connectivity index (χ0n) is 7.27. The zero-order chi connectivity index (χ0) is 9.26. The van der Waals surface area contributed by atoms with Crippen LogP contribution in [0.25, 0.3) is 0 Å². The van der Waals surface area contributed by atoms with Crippen molar-refractivity contribution in [2.45, 2.75) is 6.10 Å². The molecule has 0 aliphatic carbocycles. The number of ether oxygens (including phenoxy) is 2. The number of hydrogen-bond acceptors (Lipinski definition) is 4. The van der Waals surface area contributed by atoms with E-state index in [-0.39, 0.29) is 11.7 Å². The molecule has 0 amide bonds. The molecular weight excluding hydrogens is 172 g/mol. The fourth-order valence-corrected chi connectivity index (χ4v) is 0.900. The van der Waals surface area contributed by atoms with Gasteiger partial charge in [-0.3, -0.25) is 4.79 Å². The quantitative estimate of drug-likeness (QED) is 0.594. The van der Waals surface area contributed by atoms with Crippen molar-refractivity contribution in [3.8, 4) is 5.88 Å². The summed E-state index contributed by atoms with van der Waals surface area (Å²) in [5, 5.41) is 3.90. The van der Waals surface area contributed by atoms with Crippen molar-refractivity contribution >= 4 is 0 Å². The van der Waals surface area contributed by atoms with Crippen molar-refractivity contribution in [1.29, 1.82) is 0 Å². The molecular formula is C8H10N2O3. The molecule has 1 aromatic rings. The molecule has 0 radical (unpaired) electrons. The molecule has 5 nitrogen and oxygen atoms in total. The summed E-state index contributed by atoms with van der Waals surface area (Å²) in [5.74, 6) is 0.456. The Balaban J connectivity index is 2.02. The van der Waals surface area contributed by atoms with E-state index in [9.17, 15) is 4.79 Å². The highest BCUT2D eigenvalue weighted by Gasteiger charge is 2.23. The van der Waals surface area contributed by atoms with Gasteiger partial charge in [0.15, 0.2) is 0 Å². The number of rotatable bonds is 3. The van der Waals surface area contributed by atoms with Gasteiger partial charge in [-0.2, -0.15) is 0 Å². The van der Waals surface area contributed by atoms with Crippen molar-refractivity contribution in [3.63, 3.8) is 0 Å². The molecule has 1 saturated heterocycles. The van der Waals surface area contributed by atoms with Gasteiger partial charge in [0.05, 0.1) is 6.61 Å². The first kappa shape index (κ1) is 8.25. The van der Waals surface area contributed by atoms with E-state index in [4.69, 9.17) is 9.47 Å². The van der Waals surface area contributed by atoms with Crippen LogP contribution in [0.1, 0.15) is 0 Å². The van der Waals surface area contributed by atoms with Crippen LogP contribution in [-0.2, 0) is 11.8 Å². The SMILES string of the molecule is Cn1nc(OCC2CO2)ccc1=O. The monoisotopic (exact) mass is 182 g/mol. The van der Waals surface area contributed by atoms with Crippen LogP contribution in [0.3, 0.4) is 0 Å². The number of epoxide rings is 1. The highest BCUT2D eigenvalue weighted by molar-refractivity contribution is 5.06. The second-order valence-electron chi connectivity index (χ2n) is 2.90. The highest BCUT2D eigenvalue weighted by Crippen LogP contribution is 2.10. The predicted molar refractivity (Wildman–Crippen MR) is 44.7 cm³/mol. The third-order valence-corrected chi connectivity index (χ3v) is 1.76. The van der Waals surface area contributed by atoms with Crippen LogP contribution >= 0.6 is 0 Å². The lowest BCUT2D eigenvalue weighted by Gasteiger charge is -2.03. The van der Waals surface area contributed by atoms with Gasteiger partial charge >= 0.3 is 0 Å². The van der Waals surface area contributed by atoms with E-state index >= 15 is 0 Å². The smallest absolute Gasteiger partial charge is 0.266 e. The average Bonchev–Trinajstić information content (AvgIpc) is 2.91. The zero-order valence-corrected chi connectivity index (χ0v) is 7.27. The molecule has 0 bridgehead atoms. The van der Waals surface area contributed by atoms with Crippen LogP contribution in [-0.4, -0.2) is 29.1 Å². The van der Waals surface area contributed by atoms with Gasteiger partial charge in [0, 0.05) is 19.2 Å². The number of hydrogen-bond donors (Lipinski definition) is 0. The van der Waals surface area contributed by atoms with Crippen LogP contribution in [0.5, 0.6) is 5.88 Å². The molecule has 0 aromatic carbocycles. The molecule has 5 heteroatoms. The third kappa shape index (κ3) is 2.06. The van der Waals surface area contributed by atoms with E-state index in [1.807, 2.05) is 0 Å².